The summed E-state index contributed by atoms with van der Waals surface area (Å²) in [6.07, 6.45) is 0. The van der Waals surface area contributed by atoms with E-state index < -0.39 is 0 Å². The summed E-state index contributed by atoms with van der Waals surface area (Å²) < 4.78 is 0. The third-order valence-corrected chi connectivity index (χ3v) is 1.28. The lowest BCUT2D eigenvalue weighted by molar-refractivity contribution is -0.118. The van der Waals surface area contributed by atoms with E-state index in [0.29, 0.717) is 6.54 Å². The van der Waals surface area contributed by atoms with Crippen LogP contribution in [0.15, 0.2) is 0 Å². The second-order valence-corrected chi connectivity index (χ2v) is 2.23. The van der Waals surface area contributed by atoms with E-state index in [9.17, 15) is 4.79 Å². The van der Waals surface area contributed by atoms with Crippen molar-refractivity contribution in [1.29, 1.82) is 0 Å². The number of amides is 1. The monoisotopic (exact) mass is 164 g/mol. The first kappa shape index (κ1) is 5.05. The largest absolute Gasteiger partial charge is 0.330 e. The Balaban J connectivity index is 2.40. The lowest BCUT2D eigenvalue weighted by Crippen LogP contribution is -2.24. The first-order valence-corrected chi connectivity index (χ1v) is 2.87. The van der Waals surface area contributed by atoms with Crippen LogP contribution in [-0.2, 0) is 4.79 Å². The number of halogens is 1. The van der Waals surface area contributed by atoms with E-state index in [0.717, 1.165) is 0 Å². The number of alkyl halides is 1. The van der Waals surface area contributed by atoms with Crippen LogP contribution in [0.4, 0.5) is 0 Å². The van der Waals surface area contributed by atoms with Gasteiger partial charge in [-0.1, -0.05) is 0 Å². The van der Waals surface area contributed by atoms with Gasteiger partial charge >= 0.3 is 0 Å². The highest BCUT2D eigenvalue weighted by atomic mass is 79.9. The number of hydrogen-bond donors (Lipinski definition) is 2. The van der Waals surface area contributed by atoms with E-state index in [1.807, 2.05) is 0 Å². The van der Waals surface area contributed by atoms with Gasteiger partial charge < -0.3 is 5.32 Å². The van der Waals surface area contributed by atoms with Crippen molar-refractivity contribution in [2.24, 2.45) is 0 Å². The second-order valence-electron chi connectivity index (χ2n) is 1.31. The molecule has 1 aliphatic rings. The number of carbonyl (C=O) groups excluding carboxylic acids is 1. The fourth-order valence-electron chi connectivity index (χ4n) is 0.426. The molecule has 0 saturated carbocycles. The topological polar surface area (TPSA) is 41.1 Å². The minimum absolute atomic E-state index is 0.0139. The van der Waals surface area contributed by atoms with Crippen molar-refractivity contribution in [2.45, 2.75) is 5.08 Å². The van der Waals surface area contributed by atoms with E-state index in [-0.39, 0.29) is 11.0 Å². The van der Waals surface area contributed by atoms with Crippen LogP contribution in [-0.4, -0.2) is 17.5 Å². The van der Waals surface area contributed by atoms with Crippen molar-refractivity contribution >= 4 is 21.8 Å². The highest BCUT2D eigenvalue weighted by molar-refractivity contribution is 9.09. The van der Waals surface area contributed by atoms with Crippen LogP contribution in [0.5, 0.6) is 0 Å². The van der Waals surface area contributed by atoms with E-state index >= 15 is 0 Å². The fraction of sp³-hybridized carbons (Fsp3) is 0.667. The molecule has 0 radical (unpaired) electrons. The molecule has 4 heteroatoms. The number of hydrogen-bond acceptors (Lipinski definition) is 2. The molecule has 1 amide bonds. The maximum Gasteiger partial charge on any atom is 0.235 e. The van der Waals surface area contributed by atoms with Crippen molar-refractivity contribution in [2.75, 3.05) is 6.54 Å². The van der Waals surface area contributed by atoms with Gasteiger partial charge in [0, 0.05) is 0 Å². The average molecular weight is 165 g/mol. The summed E-state index contributed by atoms with van der Waals surface area (Å²) in [6, 6.07) is 0. The summed E-state index contributed by atoms with van der Waals surface area (Å²) in [6.45, 7) is 0.427. The Bertz CT molecular complexity index is 94.9. The van der Waals surface area contributed by atoms with Crippen LogP contribution in [0, 0.1) is 0 Å². The summed E-state index contributed by atoms with van der Waals surface area (Å²) in [4.78, 5) is 10.2. The van der Waals surface area contributed by atoms with Gasteiger partial charge in [0.25, 0.3) is 0 Å². The van der Waals surface area contributed by atoms with Crippen molar-refractivity contribution in [3.63, 3.8) is 0 Å². The maximum absolute atomic E-state index is 10.2. The van der Waals surface area contributed by atoms with E-state index in [4.69, 9.17) is 0 Å². The minimum atomic E-state index is -0.0139. The van der Waals surface area contributed by atoms with E-state index in [2.05, 4.69) is 26.6 Å². The standard InChI is InChI=1S/C3H5BrN2O/c4-3-5-1-2(7)6-3/h3,5H,1H2,(H,6,7). The van der Waals surface area contributed by atoms with Crippen LogP contribution < -0.4 is 10.6 Å². The molecular formula is C3H5BrN2O. The molecule has 3 nitrogen and oxygen atoms in total. The molecular weight excluding hydrogens is 160 g/mol. The van der Waals surface area contributed by atoms with Crippen molar-refractivity contribution in [3.05, 3.63) is 0 Å². The maximum atomic E-state index is 10.2. The second kappa shape index (κ2) is 1.79. The summed E-state index contributed by atoms with van der Waals surface area (Å²) in [5.41, 5.74) is 0. The normalized spacial score (nSPS) is 30.4. The molecule has 1 saturated heterocycles. The molecule has 0 aromatic carbocycles. The quantitative estimate of drug-likeness (QED) is 0.371. The Labute approximate surface area is 49.6 Å². The lowest BCUT2D eigenvalue weighted by atomic mass is 10.7. The molecule has 0 spiro atoms. The zero-order valence-electron chi connectivity index (χ0n) is 3.57. The Morgan fingerprint density at radius 2 is 2.57 bits per heavy atom. The molecule has 7 heavy (non-hydrogen) atoms. The molecule has 1 unspecified atom stereocenters. The third-order valence-electron chi connectivity index (χ3n) is 0.730. The number of carbonyl (C=O) groups is 1. The van der Waals surface area contributed by atoms with Gasteiger partial charge in [0.15, 0.2) is 0 Å². The van der Waals surface area contributed by atoms with Gasteiger partial charge in [-0.05, 0) is 15.9 Å². The first-order chi connectivity index (χ1) is 3.29. The van der Waals surface area contributed by atoms with Crippen LogP contribution in [0.2, 0.25) is 0 Å². The molecule has 0 bridgehead atoms. The highest BCUT2D eigenvalue weighted by Gasteiger charge is 2.14. The molecule has 0 aromatic heterocycles. The minimum Gasteiger partial charge on any atom is -0.330 e. The lowest BCUT2D eigenvalue weighted by Gasteiger charge is -1.94. The van der Waals surface area contributed by atoms with E-state index in [1.54, 1.807) is 0 Å². The average Bonchev–Trinajstić information content (AvgIpc) is 1.87. The molecule has 1 fully saturated rings. The van der Waals surface area contributed by atoms with Gasteiger partial charge in [0.2, 0.25) is 5.91 Å². The molecule has 2 N–H and O–H groups in total. The highest BCUT2D eigenvalue weighted by Crippen LogP contribution is 1.93. The Morgan fingerprint density at radius 1 is 1.86 bits per heavy atom. The molecule has 0 aromatic rings. The van der Waals surface area contributed by atoms with Crippen LogP contribution in [0.3, 0.4) is 0 Å². The first-order valence-electron chi connectivity index (χ1n) is 1.96. The van der Waals surface area contributed by atoms with Gasteiger partial charge in [-0.3, -0.25) is 10.1 Å². The van der Waals surface area contributed by atoms with E-state index in [1.165, 1.54) is 0 Å². The zero-order valence-corrected chi connectivity index (χ0v) is 5.16. The molecule has 1 heterocycles. The zero-order chi connectivity index (χ0) is 5.28. The van der Waals surface area contributed by atoms with Crippen LogP contribution in [0.25, 0.3) is 0 Å². The summed E-state index contributed by atoms with van der Waals surface area (Å²) in [5.74, 6) is 0.0434. The summed E-state index contributed by atoms with van der Waals surface area (Å²) in [7, 11) is 0. The Morgan fingerprint density at radius 3 is 2.71 bits per heavy atom. The fourth-order valence-corrected chi connectivity index (χ4v) is 0.843. The van der Waals surface area contributed by atoms with Gasteiger partial charge in [-0.2, -0.15) is 0 Å². The summed E-state index contributed by atoms with van der Waals surface area (Å²) >= 11 is 3.14. The van der Waals surface area contributed by atoms with Crippen LogP contribution in [0.1, 0.15) is 0 Å². The molecule has 1 aliphatic heterocycles. The Hall–Kier alpha value is -0.0900. The van der Waals surface area contributed by atoms with Gasteiger partial charge in [-0.25, -0.2) is 0 Å². The van der Waals surface area contributed by atoms with Crippen LogP contribution >= 0.6 is 15.9 Å². The third kappa shape index (κ3) is 1.14. The van der Waals surface area contributed by atoms with Gasteiger partial charge in [0.05, 0.1) is 6.54 Å². The van der Waals surface area contributed by atoms with Crippen molar-refractivity contribution in [3.8, 4) is 0 Å². The molecule has 0 aliphatic carbocycles. The smallest absolute Gasteiger partial charge is 0.235 e. The van der Waals surface area contributed by atoms with Gasteiger partial charge in [0.1, 0.15) is 5.08 Å². The van der Waals surface area contributed by atoms with Crippen molar-refractivity contribution in [1.82, 2.24) is 10.6 Å². The molecule has 40 valence electrons. The number of nitrogens with one attached hydrogen (secondary N) is 2. The van der Waals surface area contributed by atoms with Gasteiger partial charge in [-0.15, -0.1) is 0 Å². The molecule has 1 rings (SSSR count). The Kier molecular flexibility index (Phi) is 1.30. The molecule has 1 atom stereocenters. The summed E-state index contributed by atoms with van der Waals surface area (Å²) in [5, 5.41) is 5.39. The van der Waals surface area contributed by atoms with Crippen molar-refractivity contribution < 1.29 is 4.79 Å². The predicted octanol–water partition coefficient (Wildman–Crippen LogP) is -0.616. The predicted molar refractivity (Wildman–Crippen MR) is 28.9 cm³/mol. The SMILES string of the molecule is O=C1CNC(Br)N1. The number of rotatable bonds is 0.